The Morgan fingerprint density at radius 1 is 0.871 bits per heavy atom. The highest BCUT2D eigenvalue weighted by molar-refractivity contribution is 5.72. The Hall–Kier alpha value is -3.11. The first-order valence-electron chi connectivity index (χ1n) is 10.9. The van der Waals surface area contributed by atoms with Crippen LogP contribution in [0.25, 0.3) is 0 Å². The molecule has 160 valence electrons. The normalized spacial score (nSPS) is 14.5. The highest BCUT2D eigenvalue weighted by atomic mass is 16.5. The standard InChI is InChI=1S/C27H29NO3/c1-2-31-26(29)17-27(20-30-21-27)24-13-15-25(16-14-24)28(18-22-9-5-3-6-10-22)19-23-11-7-4-8-12-23/h3-16H,2,17-21H2,1H3. The monoisotopic (exact) mass is 415 g/mol. The molecule has 1 aliphatic rings. The molecule has 0 atom stereocenters. The second-order valence-electron chi connectivity index (χ2n) is 8.13. The number of hydrogen-bond donors (Lipinski definition) is 0. The second-order valence-corrected chi connectivity index (χ2v) is 8.13. The molecular weight excluding hydrogens is 386 g/mol. The maximum atomic E-state index is 12.1. The van der Waals surface area contributed by atoms with E-state index >= 15 is 0 Å². The van der Waals surface area contributed by atoms with Crippen molar-refractivity contribution in [2.24, 2.45) is 0 Å². The summed E-state index contributed by atoms with van der Waals surface area (Å²) in [4.78, 5) is 14.5. The van der Waals surface area contributed by atoms with Gasteiger partial charge in [-0.3, -0.25) is 4.79 Å². The zero-order valence-electron chi connectivity index (χ0n) is 18.0. The van der Waals surface area contributed by atoms with Crippen LogP contribution in [0.1, 0.15) is 30.0 Å². The summed E-state index contributed by atoms with van der Waals surface area (Å²) < 4.78 is 10.7. The van der Waals surface area contributed by atoms with Crippen molar-refractivity contribution in [3.8, 4) is 0 Å². The lowest BCUT2D eigenvalue weighted by Crippen LogP contribution is -2.48. The van der Waals surface area contributed by atoms with Gasteiger partial charge in [-0.1, -0.05) is 72.8 Å². The number of ether oxygens (including phenoxy) is 2. The van der Waals surface area contributed by atoms with E-state index in [4.69, 9.17) is 9.47 Å². The number of hydrogen-bond acceptors (Lipinski definition) is 4. The number of esters is 1. The van der Waals surface area contributed by atoms with Crippen molar-refractivity contribution in [2.45, 2.75) is 31.8 Å². The number of nitrogens with zero attached hydrogens (tertiary/aromatic N) is 1. The molecule has 0 spiro atoms. The van der Waals surface area contributed by atoms with Crippen LogP contribution in [0.15, 0.2) is 84.9 Å². The zero-order chi connectivity index (χ0) is 21.5. The summed E-state index contributed by atoms with van der Waals surface area (Å²) in [7, 11) is 0. The molecule has 4 rings (SSSR count). The van der Waals surface area contributed by atoms with Gasteiger partial charge in [-0.2, -0.15) is 0 Å². The van der Waals surface area contributed by atoms with Crippen LogP contribution in [0.5, 0.6) is 0 Å². The third-order valence-corrected chi connectivity index (χ3v) is 5.82. The number of benzene rings is 3. The van der Waals surface area contributed by atoms with Crippen LogP contribution >= 0.6 is 0 Å². The maximum absolute atomic E-state index is 12.1. The average Bonchev–Trinajstić information content (AvgIpc) is 2.78. The van der Waals surface area contributed by atoms with Gasteiger partial charge < -0.3 is 14.4 Å². The van der Waals surface area contributed by atoms with Gasteiger partial charge in [0, 0.05) is 18.8 Å². The molecule has 0 aliphatic carbocycles. The van der Waals surface area contributed by atoms with E-state index in [1.165, 1.54) is 11.1 Å². The van der Waals surface area contributed by atoms with E-state index in [0.29, 0.717) is 26.2 Å². The first-order valence-corrected chi connectivity index (χ1v) is 10.9. The SMILES string of the molecule is CCOC(=O)CC1(c2ccc(N(Cc3ccccc3)Cc3ccccc3)cc2)COC1. The van der Waals surface area contributed by atoms with Crippen LogP contribution in [0.3, 0.4) is 0 Å². The van der Waals surface area contributed by atoms with Crippen LogP contribution < -0.4 is 4.90 Å². The number of anilines is 1. The summed E-state index contributed by atoms with van der Waals surface area (Å²) in [5.74, 6) is -0.162. The molecule has 0 bridgehead atoms. The van der Waals surface area contributed by atoms with E-state index in [0.717, 1.165) is 24.3 Å². The Morgan fingerprint density at radius 2 is 1.42 bits per heavy atom. The average molecular weight is 416 g/mol. The third kappa shape index (κ3) is 5.15. The molecule has 4 nitrogen and oxygen atoms in total. The van der Waals surface area contributed by atoms with Crippen molar-refractivity contribution in [1.29, 1.82) is 0 Å². The summed E-state index contributed by atoms with van der Waals surface area (Å²) in [5, 5.41) is 0. The van der Waals surface area contributed by atoms with Crippen molar-refractivity contribution < 1.29 is 14.3 Å². The van der Waals surface area contributed by atoms with Gasteiger partial charge in [0.15, 0.2) is 0 Å². The zero-order valence-corrected chi connectivity index (χ0v) is 18.0. The highest BCUT2D eigenvalue weighted by Gasteiger charge is 2.42. The highest BCUT2D eigenvalue weighted by Crippen LogP contribution is 2.37. The summed E-state index contributed by atoms with van der Waals surface area (Å²) in [6.45, 7) is 5.01. The quantitative estimate of drug-likeness (QED) is 0.455. The molecule has 0 amide bonds. The second kappa shape index (κ2) is 9.80. The van der Waals surface area contributed by atoms with Gasteiger partial charge in [-0.15, -0.1) is 0 Å². The van der Waals surface area contributed by atoms with E-state index < -0.39 is 0 Å². The fraction of sp³-hybridized carbons (Fsp3) is 0.296. The minimum absolute atomic E-state index is 0.162. The van der Waals surface area contributed by atoms with E-state index in [-0.39, 0.29) is 11.4 Å². The number of carbonyl (C=O) groups excluding carboxylic acids is 1. The Balaban J connectivity index is 1.56. The lowest BCUT2D eigenvalue weighted by molar-refractivity contribution is -0.151. The van der Waals surface area contributed by atoms with Crippen molar-refractivity contribution >= 4 is 11.7 Å². The number of carbonyl (C=O) groups is 1. The predicted octanol–water partition coefficient (Wildman–Crippen LogP) is 5.11. The van der Waals surface area contributed by atoms with Crippen molar-refractivity contribution in [3.63, 3.8) is 0 Å². The Morgan fingerprint density at radius 3 is 1.87 bits per heavy atom. The fourth-order valence-corrected chi connectivity index (χ4v) is 4.08. The van der Waals surface area contributed by atoms with Crippen molar-refractivity contribution in [1.82, 2.24) is 0 Å². The summed E-state index contributed by atoms with van der Waals surface area (Å²) in [6.07, 6.45) is 0.359. The molecule has 4 heteroatoms. The van der Waals surface area contributed by atoms with Gasteiger partial charge in [0.25, 0.3) is 0 Å². The Labute approximate surface area is 184 Å². The Bertz CT molecular complexity index is 925. The minimum atomic E-state index is -0.269. The molecule has 1 aliphatic heterocycles. The molecule has 0 radical (unpaired) electrons. The molecule has 0 N–H and O–H groups in total. The van der Waals surface area contributed by atoms with Gasteiger partial charge in [0.05, 0.1) is 31.7 Å². The summed E-state index contributed by atoms with van der Waals surface area (Å²) in [6, 6.07) is 29.6. The van der Waals surface area contributed by atoms with Gasteiger partial charge in [0.2, 0.25) is 0 Å². The lowest BCUT2D eigenvalue weighted by atomic mass is 9.76. The van der Waals surface area contributed by atoms with E-state index in [1.54, 1.807) is 0 Å². The molecule has 1 fully saturated rings. The van der Waals surface area contributed by atoms with Gasteiger partial charge in [0.1, 0.15) is 0 Å². The van der Waals surface area contributed by atoms with Crippen molar-refractivity contribution in [2.75, 3.05) is 24.7 Å². The molecule has 0 saturated carbocycles. The number of rotatable bonds is 9. The Kier molecular flexibility index (Phi) is 6.68. The summed E-state index contributed by atoms with van der Waals surface area (Å²) >= 11 is 0. The molecule has 3 aromatic carbocycles. The van der Waals surface area contributed by atoms with Crippen LogP contribution in [0.2, 0.25) is 0 Å². The van der Waals surface area contributed by atoms with E-state index in [1.807, 2.05) is 19.1 Å². The maximum Gasteiger partial charge on any atom is 0.306 e. The molecule has 3 aromatic rings. The van der Waals surface area contributed by atoms with E-state index in [2.05, 4.69) is 77.7 Å². The van der Waals surface area contributed by atoms with Crippen LogP contribution in [0.4, 0.5) is 5.69 Å². The fourth-order valence-electron chi connectivity index (χ4n) is 4.08. The van der Waals surface area contributed by atoms with Crippen LogP contribution in [-0.2, 0) is 32.8 Å². The minimum Gasteiger partial charge on any atom is -0.466 e. The lowest BCUT2D eigenvalue weighted by Gasteiger charge is -2.41. The van der Waals surface area contributed by atoms with Crippen molar-refractivity contribution in [3.05, 3.63) is 102 Å². The molecule has 31 heavy (non-hydrogen) atoms. The molecule has 1 heterocycles. The van der Waals surface area contributed by atoms with Gasteiger partial charge in [-0.05, 0) is 35.7 Å². The molecule has 0 unspecified atom stereocenters. The third-order valence-electron chi connectivity index (χ3n) is 5.82. The van der Waals surface area contributed by atoms with Crippen LogP contribution in [-0.4, -0.2) is 25.8 Å². The largest absolute Gasteiger partial charge is 0.466 e. The molecular formula is C27H29NO3. The molecule has 0 aromatic heterocycles. The topological polar surface area (TPSA) is 38.8 Å². The van der Waals surface area contributed by atoms with Gasteiger partial charge >= 0.3 is 5.97 Å². The smallest absolute Gasteiger partial charge is 0.306 e. The predicted molar refractivity (Wildman–Crippen MR) is 123 cm³/mol. The van der Waals surface area contributed by atoms with E-state index in [9.17, 15) is 4.79 Å². The first-order chi connectivity index (χ1) is 15.2. The summed E-state index contributed by atoms with van der Waals surface area (Å²) in [5.41, 5.74) is 4.56. The van der Waals surface area contributed by atoms with Gasteiger partial charge in [-0.25, -0.2) is 0 Å². The van der Waals surface area contributed by atoms with Crippen LogP contribution in [0, 0.1) is 0 Å². The molecule has 1 saturated heterocycles. The first kappa shape index (κ1) is 21.1.